The maximum atomic E-state index is 11.7. The highest BCUT2D eigenvalue weighted by atomic mass is 16.6. The molecule has 1 aromatic heterocycles. The minimum absolute atomic E-state index is 0.333. The fourth-order valence-corrected chi connectivity index (χ4v) is 2.36. The van der Waals surface area contributed by atoms with Crippen LogP contribution in [0.2, 0.25) is 0 Å². The standard InChI is InChI=1S/C20H28N2O3/c1-15(12-18-6-5-11-24-18)21-13-16-7-9-17(10-8-16)14-22-19(23)25-20(2,3)4/h5-11,15,21H,12-14H2,1-4H3,(H,22,23). The van der Waals surface area contributed by atoms with Crippen LogP contribution < -0.4 is 10.6 Å². The van der Waals surface area contributed by atoms with E-state index in [0.717, 1.165) is 24.3 Å². The monoisotopic (exact) mass is 344 g/mol. The van der Waals surface area contributed by atoms with Gasteiger partial charge in [0.1, 0.15) is 11.4 Å². The van der Waals surface area contributed by atoms with Crippen LogP contribution in [0.1, 0.15) is 44.6 Å². The van der Waals surface area contributed by atoms with Gasteiger partial charge in [0.2, 0.25) is 0 Å². The summed E-state index contributed by atoms with van der Waals surface area (Å²) in [5, 5.41) is 6.25. The molecule has 0 aliphatic heterocycles. The van der Waals surface area contributed by atoms with Gasteiger partial charge in [-0.1, -0.05) is 24.3 Å². The van der Waals surface area contributed by atoms with Gasteiger partial charge in [-0.05, 0) is 51.0 Å². The van der Waals surface area contributed by atoms with E-state index >= 15 is 0 Å². The zero-order chi connectivity index (χ0) is 18.3. The number of benzene rings is 1. The van der Waals surface area contributed by atoms with Crippen LogP contribution in [-0.2, 0) is 24.2 Å². The van der Waals surface area contributed by atoms with Crippen molar-refractivity contribution in [2.75, 3.05) is 0 Å². The summed E-state index contributed by atoms with van der Waals surface area (Å²) < 4.78 is 10.6. The van der Waals surface area contributed by atoms with Crippen molar-refractivity contribution in [2.24, 2.45) is 0 Å². The zero-order valence-electron chi connectivity index (χ0n) is 15.5. The van der Waals surface area contributed by atoms with Gasteiger partial charge in [-0.3, -0.25) is 0 Å². The van der Waals surface area contributed by atoms with Gasteiger partial charge in [0.15, 0.2) is 0 Å². The third-order valence-corrected chi connectivity index (χ3v) is 3.60. The molecular weight excluding hydrogens is 316 g/mol. The van der Waals surface area contributed by atoms with Crippen LogP contribution in [0.5, 0.6) is 0 Å². The number of rotatable bonds is 7. The van der Waals surface area contributed by atoms with Gasteiger partial charge in [0, 0.05) is 25.6 Å². The third-order valence-electron chi connectivity index (χ3n) is 3.60. The van der Waals surface area contributed by atoms with Gasteiger partial charge in [0.25, 0.3) is 0 Å². The number of hydrogen-bond donors (Lipinski definition) is 2. The maximum absolute atomic E-state index is 11.7. The quantitative estimate of drug-likeness (QED) is 0.796. The minimum Gasteiger partial charge on any atom is -0.469 e. The second-order valence-corrected chi connectivity index (χ2v) is 7.24. The topological polar surface area (TPSA) is 63.5 Å². The lowest BCUT2D eigenvalue weighted by atomic mass is 10.1. The van der Waals surface area contributed by atoms with E-state index < -0.39 is 11.7 Å². The van der Waals surface area contributed by atoms with Crippen molar-refractivity contribution in [1.29, 1.82) is 0 Å². The molecular formula is C20H28N2O3. The van der Waals surface area contributed by atoms with E-state index in [9.17, 15) is 4.79 Å². The highest BCUT2D eigenvalue weighted by molar-refractivity contribution is 5.67. The number of carbonyl (C=O) groups excluding carboxylic acids is 1. The molecule has 1 atom stereocenters. The molecule has 0 spiro atoms. The molecule has 0 aliphatic rings. The molecule has 2 rings (SSSR count). The molecule has 0 bridgehead atoms. The second kappa shape index (κ2) is 8.72. The van der Waals surface area contributed by atoms with Crippen LogP contribution in [0.3, 0.4) is 0 Å². The van der Waals surface area contributed by atoms with E-state index in [-0.39, 0.29) is 0 Å². The first-order valence-corrected chi connectivity index (χ1v) is 8.62. The number of alkyl carbamates (subject to hydrolysis) is 1. The normalized spacial score (nSPS) is 12.6. The van der Waals surface area contributed by atoms with E-state index in [0.29, 0.717) is 12.6 Å². The van der Waals surface area contributed by atoms with E-state index in [2.05, 4.69) is 29.7 Å². The van der Waals surface area contributed by atoms with Crippen molar-refractivity contribution in [2.45, 2.75) is 58.8 Å². The Morgan fingerprint density at radius 1 is 1.12 bits per heavy atom. The zero-order valence-corrected chi connectivity index (χ0v) is 15.5. The lowest BCUT2D eigenvalue weighted by Crippen LogP contribution is -2.32. The smallest absolute Gasteiger partial charge is 0.407 e. The van der Waals surface area contributed by atoms with Crippen LogP contribution in [-0.4, -0.2) is 17.7 Å². The van der Waals surface area contributed by atoms with Gasteiger partial charge >= 0.3 is 6.09 Å². The highest BCUT2D eigenvalue weighted by Gasteiger charge is 2.15. The molecule has 25 heavy (non-hydrogen) atoms. The molecule has 0 fully saturated rings. The van der Waals surface area contributed by atoms with Gasteiger partial charge < -0.3 is 19.8 Å². The Labute approximate surface area is 149 Å². The molecule has 1 heterocycles. The molecule has 136 valence electrons. The molecule has 0 radical (unpaired) electrons. The predicted octanol–water partition coefficient (Wildman–Crippen LogP) is 4.03. The maximum Gasteiger partial charge on any atom is 0.407 e. The van der Waals surface area contributed by atoms with Crippen LogP contribution in [0, 0.1) is 0 Å². The lowest BCUT2D eigenvalue weighted by Gasteiger charge is -2.19. The summed E-state index contributed by atoms with van der Waals surface area (Å²) in [7, 11) is 0. The summed E-state index contributed by atoms with van der Waals surface area (Å²) in [5.74, 6) is 0.989. The predicted molar refractivity (Wildman–Crippen MR) is 98.2 cm³/mol. The Kier molecular flexibility index (Phi) is 6.65. The Balaban J connectivity index is 1.73. The number of nitrogens with one attached hydrogen (secondary N) is 2. The number of carbonyl (C=O) groups is 1. The second-order valence-electron chi connectivity index (χ2n) is 7.24. The summed E-state index contributed by atoms with van der Waals surface area (Å²) >= 11 is 0. The summed E-state index contributed by atoms with van der Waals surface area (Å²) in [4.78, 5) is 11.7. The summed E-state index contributed by atoms with van der Waals surface area (Å²) in [6, 6.07) is 12.4. The van der Waals surface area contributed by atoms with Crippen LogP contribution >= 0.6 is 0 Å². The van der Waals surface area contributed by atoms with E-state index in [1.54, 1.807) is 6.26 Å². The van der Waals surface area contributed by atoms with Crippen LogP contribution in [0.15, 0.2) is 47.1 Å². The van der Waals surface area contributed by atoms with E-state index in [4.69, 9.17) is 9.15 Å². The van der Waals surface area contributed by atoms with Crippen molar-refractivity contribution in [3.63, 3.8) is 0 Å². The Bertz CT molecular complexity index is 643. The largest absolute Gasteiger partial charge is 0.469 e. The van der Waals surface area contributed by atoms with Crippen molar-refractivity contribution in [1.82, 2.24) is 10.6 Å². The SMILES string of the molecule is CC(Cc1ccco1)NCc1ccc(CNC(=O)OC(C)(C)C)cc1. The third kappa shape index (κ3) is 7.44. The molecule has 0 saturated heterocycles. The molecule has 1 unspecified atom stereocenters. The number of ether oxygens (including phenoxy) is 1. The van der Waals surface area contributed by atoms with Crippen LogP contribution in [0.4, 0.5) is 4.79 Å². The van der Waals surface area contributed by atoms with Crippen molar-refractivity contribution >= 4 is 6.09 Å². The van der Waals surface area contributed by atoms with Crippen LogP contribution in [0.25, 0.3) is 0 Å². The number of amides is 1. The summed E-state index contributed by atoms with van der Waals surface area (Å²) in [6.45, 7) is 8.94. The number of hydrogen-bond acceptors (Lipinski definition) is 4. The van der Waals surface area contributed by atoms with Crippen molar-refractivity contribution in [3.05, 3.63) is 59.5 Å². The minimum atomic E-state index is -0.480. The fraction of sp³-hybridized carbons (Fsp3) is 0.450. The molecule has 1 aromatic carbocycles. The van der Waals surface area contributed by atoms with Gasteiger partial charge in [-0.2, -0.15) is 0 Å². The lowest BCUT2D eigenvalue weighted by molar-refractivity contribution is 0.0523. The van der Waals surface area contributed by atoms with Gasteiger partial charge in [-0.25, -0.2) is 4.79 Å². The molecule has 2 aromatic rings. The van der Waals surface area contributed by atoms with Gasteiger partial charge in [-0.15, -0.1) is 0 Å². The molecule has 5 heteroatoms. The van der Waals surface area contributed by atoms with Crippen molar-refractivity contribution < 1.29 is 13.9 Å². The van der Waals surface area contributed by atoms with E-state index in [1.165, 1.54) is 5.56 Å². The Hall–Kier alpha value is -2.27. The average Bonchev–Trinajstić information content (AvgIpc) is 3.03. The first-order valence-electron chi connectivity index (χ1n) is 8.62. The summed E-state index contributed by atoms with van der Waals surface area (Å²) in [5.41, 5.74) is 1.76. The summed E-state index contributed by atoms with van der Waals surface area (Å²) in [6.07, 6.45) is 2.17. The van der Waals surface area contributed by atoms with Crippen molar-refractivity contribution in [3.8, 4) is 0 Å². The first kappa shape index (κ1) is 19.1. The van der Waals surface area contributed by atoms with Gasteiger partial charge in [0.05, 0.1) is 6.26 Å². The molecule has 1 amide bonds. The van der Waals surface area contributed by atoms with E-state index in [1.807, 2.05) is 45.0 Å². The Morgan fingerprint density at radius 2 is 1.76 bits per heavy atom. The Morgan fingerprint density at radius 3 is 2.32 bits per heavy atom. The molecule has 0 aliphatic carbocycles. The fourth-order valence-electron chi connectivity index (χ4n) is 2.36. The molecule has 2 N–H and O–H groups in total. The molecule has 0 saturated carbocycles. The first-order chi connectivity index (χ1) is 11.8. The average molecular weight is 344 g/mol. The number of furan rings is 1. The highest BCUT2D eigenvalue weighted by Crippen LogP contribution is 2.09. The molecule has 5 nitrogen and oxygen atoms in total.